The molecule has 3 rings (SSSR count). The first kappa shape index (κ1) is 23.4. The van der Waals surface area contributed by atoms with Crippen molar-refractivity contribution in [1.29, 1.82) is 0 Å². The van der Waals surface area contributed by atoms with Crippen molar-refractivity contribution in [3.8, 4) is 5.88 Å². The van der Waals surface area contributed by atoms with Crippen LogP contribution in [0, 0.1) is 0 Å². The minimum atomic E-state index is 0. The van der Waals surface area contributed by atoms with Gasteiger partial charge in [0.1, 0.15) is 6.10 Å². The Balaban J connectivity index is 0.00000300. The van der Waals surface area contributed by atoms with Gasteiger partial charge in [-0.3, -0.25) is 4.68 Å². The van der Waals surface area contributed by atoms with Gasteiger partial charge in [-0.2, -0.15) is 5.10 Å². The molecule has 0 aliphatic carbocycles. The lowest BCUT2D eigenvalue weighted by Crippen LogP contribution is -2.48. The van der Waals surface area contributed by atoms with Crippen molar-refractivity contribution in [1.82, 2.24) is 25.0 Å². The molecule has 0 radical (unpaired) electrons. The molecular formula is C20H31IN6O2. The van der Waals surface area contributed by atoms with Crippen LogP contribution < -0.4 is 10.1 Å². The van der Waals surface area contributed by atoms with Gasteiger partial charge in [-0.1, -0.05) is 6.07 Å². The van der Waals surface area contributed by atoms with Crippen LogP contribution in [0.15, 0.2) is 35.7 Å². The smallest absolute Gasteiger partial charge is 0.213 e. The van der Waals surface area contributed by atoms with E-state index in [0.29, 0.717) is 19.0 Å². The molecule has 0 saturated carbocycles. The van der Waals surface area contributed by atoms with Crippen molar-refractivity contribution in [2.24, 2.45) is 12.0 Å². The first-order valence-corrected chi connectivity index (χ1v) is 9.80. The fraction of sp³-hybridized carbons (Fsp3) is 0.550. The monoisotopic (exact) mass is 514 g/mol. The fourth-order valence-electron chi connectivity index (χ4n) is 3.06. The Bertz CT molecular complexity index is 778. The zero-order valence-electron chi connectivity index (χ0n) is 17.5. The normalized spacial score (nSPS) is 17.2. The molecule has 2 aromatic heterocycles. The molecule has 8 nitrogen and oxygen atoms in total. The van der Waals surface area contributed by atoms with E-state index in [1.54, 1.807) is 4.68 Å². The average molecular weight is 514 g/mol. The predicted molar refractivity (Wildman–Crippen MR) is 124 cm³/mol. The van der Waals surface area contributed by atoms with Crippen LogP contribution in [0.3, 0.4) is 0 Å². The summed E-state index contributed by atoms with van der Waals surface area (Å²) in [6, 6.07) is 3.90. The molecule has 9 heteroatoms. The third-order valence-electron chi connectivity index (χ3n) is 4.36. The number of morpholine rings is 1. The number of ether oxygens (including phenoxy) is 2. The maximum Gasteiger partial charge on any atom is 0.213 e. The summed E-state index contributed by atoms with van der Waals surface area (Å²) in [4.78, 5) is 11.4. The van der Waals surface area contributed by atoms with E-state index in [1.165, 1.54) is 0 Å². The Morgan fingerprint density at radius 2 is 2.21 bits per heavy atom. The molecule has 1 aliphatic rings. The molecule has 0 spiro atoms. The second-order valence-electron chi connectivity index (χ2n) is 7.09. The number of guanidine groups is 1. The number of pyridine rings is 1. The van der Waals surface area contributed by atoms with Gasteiger partial charge in [0.2, 0.25) is 5.88 Å². The SMILES string of the molecule is CCNC(=NCc1ccc(OC(C)C)nc1)N1CCOC(c2cnn(C)c2)C1.I. The van der Waals surface area contributed by atoms with Crippen LogP contribution in [0.1, 0.15) is 38.0 Å². The maximum atomic E-state index is 5.94. The minimum absolute atomic E-state index is 0. The summed E-state index contributed by atoms with van der Waals surface area (Å²) in [5, 5.41) is 7.65. The van der Waals surface area contributed by atoms with Crippen LogP contribution in [0.25, 0.3) is 0 Å². The highest BCUT2D eigenvalue weighted by molar-refractivity contribution is 14.0. The largest absolute Gasteiger partial charge is 0.475 e. The number of aryl methyl sites for hydroxylation is 1. The first-order chi connectivity index (χ1) is 13.5. The van der Waals surface area contributed by atoms with Gasteiger partial charge >= 0.3 is 0 Å². The van der Waals surface area contributed by atoms with Gasteiger partial charge in [0, 0.05) is 44.2 Å². The van der Waals surface area contributed by atoms with Gasteiger partial charge in [-0.15, -0.1) is 24.0 Å². The van der Waals surface area contributed by atoms with Gasteiger partial charge in [0.05, 0.1) is 32.0 Å². The van der Waals surface area contributed by atoms with Crippen LogP contribution in [0.2, 0.25) is 0 Å². The highest BCUT2D eigenvalue weighted by atomic mass is 127. The van der Waals surface area contributed by atoms with E-state index in [-0.39, 0.29) is 36.2 Å². The average Bonchev–Trinajstić information content (AvgIpc) is 3.12. The van der Waals surface area contributed by atoms with Crippen molar-refractivity contribution >= 4 is 29.9 Å². The number of nitrogens with one attached hydrogen (secondary N) is 1. The molecule has 29 heavy (non-hydrogen) atoms. The van der Waals surface area contributed by atoms with Gasteiger partial charge in [-0.05, 0) is 26.3 Å². The number of rotatable bonds is 6. The fourth-order valence-corrected chi connectivity index (χ4v) is 3.06. The van der Waals surface area contributed by atoms with E-state index in [4.69, 9.17) is 14.5 Å². The van der Waals surface area contributed by atoms with E-state index in [9.17, 15) is 0 Å². The highest BCUT2D eigenvalue weighted by Crippen LogP contribution is 2.21. The van der Waals surface area contributed by atoms with E-state index < -0.39 is 0 Å². The third kappa shape index (κ3) is 6.84. The Hall–Kier alpha value is -1.88. The molecule has 0 amide bonds. The van der Waals surface area contributed by atoms with Crippen molar-refractivity contribution in [2.45, 2.75) is 39.5 Å². The molecule has 1 N–H and O–H groups in total. The number of hydrogen-bond acceptors (Lipinski definition) is 5. The Morgan fingerprint density at radius 3 is 2.83 bits per heavy atom. The summed E-state index contributed by atoms with van der Waals surface area (Å²) in [6.07, 6.45) is 5.81. The Morgan fingerprint density at radius 1 is 1.38 bits per heavy atom. The minimum Gasteiger partial charge on any atom is -0.475 e. The summed E-state index contributed by atoms with van der Waals surface area (Å²) in [5.74, 6) is 1.53. The van der Waals surface area contributed by atoms with Crippen LogP contribution in [-0.2, 0) is 18.3 Å². The molecule has 160 valence electrons. The number of aliphatic imine (C=N–C) groups is 1. The Kier molecular flexibility index (Phi) is 9.15. The second kappa shape index (κ2) is 11.3. The second-order valence-corrected chi connectivity index (χ2v) is 7.09. The molecule has 1 aliphatic heterocycles. The topological polar surface area (TPSA) is 76.8 Å². The molecule has 2 aromatic rings. The number of aromatic nitrogens is 3. The van der Waals surface area contributed by atoms with E-state index >= 15 is 0 Å². The quantitative estimate of drug-likeness (QED) is 0.363. The third-order valence-corrected chi connectivity index (χ3v) is 4.36. The first-order valence-electron chi connectivity index (χ1n) is 9.80. The summed E-state index contributed by atoms with van der Waals surface area (Å²) < 4.78 is 13.3. The van der Waals surface area contributed by atoms with Crippen LogP contribution in [0.5, 0.6) is 5.88 Å². The van der Waals surface area contributed by atoms with Crippen LogP contribution in [-0.4, -0.2) is 58.0 Å². The molecule has 1 fully saturated rings. The number of halogens is 1. The van der Waals surface area contributed by atoms with Crippen molar-refractivity contribution in [2.75, 3.05) is 26.2 Å². The van der Waals surface area contributed by atoms with Crippen molar-refractivity contribution in [3.05, 3.63) is 41.9 Å². The van der Waals surface area contributed by atoms with Gasteiger partial charge in [-0.25, -0.2) is 9.98 Å². The van der Waals surface area contributed by atoms with Crippen LogP contribution >= 0.6 is 24.0 Å². The summed E-state index contributed by atoms with van der Waals surface area (Å²) in [7, 11) is 1.92. The molecular weight excluding hydrogens is 483 g/mol. The predicted octanol–water partition coefficient (Wildman–Crippen LogP) is 2.76. The summed E-state index contributed by atoms with van der Waals surface area (Å²) >= 11 is 0. The van der Waals surface area contributed by atoms with Crippen LogP contribution in [0.4, 0.5) is 0 Å². The van der Waals surface area contributed by atoms with E-state index in [1.807, 2.05) is 51.6 Å². The number of hydrogen-bond donors (Lipinski definition) is 1. The lowest BCUT2D eigenvalue weighted by atomic mass is 10.1. The standard InChI is InChI=1S/C20H30N6O2.HI/c1-5-21-20(23-11-16-6-7-19(22-10-16)28-15(2)3)26-8-9-27-18(14-26)17-12-24-25(4)13-17;/h6-7,10,12-13,15,18H,5,8-9,11,14H2,1-4H3,(H,21,23);1H. The van der Waals surface area contributed by atoms with Gasteiger partial charge < -0.3 is 19.7 Å². The Labute approximate surface area is 189 Å². The lowest BCUT2D eigenvalue weighted by molar-refractivity contribution is -0.00805. The van der Waals surface area contributed by atoms with Gasteiger partial charge in [0.15, 0.2) is 5.96 Å². The molecule has 1 unspecified atom stereocenters. The molecule has 3 heterocycles. The van der Waals surface area contributed by atoms with Crippen molar-refractivity contribution < 1.29 is 9.47 Å². The molecule has 0 aromatic carbocycles. The zero-order valence-corrected chi connectivity index (χ0v) is 19.9. The lowest BCUT2D eigenvalue weighted by Gasteiger charge is -2.34. The summed E-state index contributed by atoms with van der Waals surface area (Å²) in [6.45, 7) is 9.65. The molecule has 0 bridgehead atoms. The molecule has 1 saturated heterocycles. The van der Waals surface area contributed by atoms with Crippen molar-refractivity contribution in [3.63, 3.8) is 0 Å². The zero-order chi connectivity index (χ0) is 19.9. The molecule has 1 atom stereocenters. The van der Waals surface area contributed by atoms with Gasteiger partial charge in [0.25, 0.3) is 0 Å². The summed E-state index contributed by atoms with van der Waals surface area (Å²) in [5.41, 5.74) is 2.14. The highest BCUT2D eigenvalue weighted by Gasteiger charge is 2.25. The van der Waals surface area contributed by atoms with E-state index in [0.717, 1.165) is 36.7 Å². The number of nitrogens with zero attached hydrogens (tertiary/aromatic N) is 5. The van der Waals surface area contributed by atoms with E-state index in [2.05, 4.69) is 27.2 Å². The maximum absolute atomic E-state index is 5.94.